The number of aromatic nitrogens is 4. The van der Waals surface area contributed by atoms with E-state index in [9.17, 15) is 19.2 Å². The molecule has 0 spiro atoms. The van der Waals surface area contributed by atoms with Gasteiger partial charge in [-0.25, -0.2) is 9.69 Å². The van der Waals surface area contributed by atoms with Crippen molar-refractivity contribution in [1.82, 2.24) is 30.6 Å². The van der Waals surface area contributed by atoms with Gasteiger partial charge in [0, 0.05) is 36.1 Å². The molecular weight excluding hydrogens is 937 g/mol. The van der Waals surface area contributed by atoms with Crippen LogP contribution in [0.15, 0.2) is 54.6 Å². The molecule has 24 heteroatoms. The Labute approximate surface area is 413 Å². The van der Waals surface area contributed by atoms with Gasteiger partial charge in [-0.15, -0.1) is 20.4 Å². The number of amides is 3. The van der Waals surface area contributed by atoms with Crippen molar-refractivity contribution in [2.24, 2.45) is 0 Å². The lowest BCUT2D eigenvalue weighted by Gasteiger charge is -2.26. The molecule has 1 aliphatic heterocycles. The normalized spacial score (nSPS) is 13.0. The van der Waals surface area contributed by atoms with Crippen LogP contribution in [-0.2, 0) is 76.0 Å². The molecule has 1 fully saturated rings. The molecule has 24 nitrogen and oxygen atoms in total. The fourth-order valence-corrected chi connectivity index (χ4v) is 6.02. The van der Waals surface area contributed by atoms with Crippen LogP contribution in [0, 0.1) is 0 Å². The van der Waals surface area contributed by atoms with Crippen LogP contribution in [-0.4, -0.2) is 219 Å². The Hall–Kier alpha value is -5.22. The second kappa shape index (κ2) is 38.5. The van der Waals surface area contributed by atoms with Crippen LogP contribution in [0.3, 0.4) is 0 Å². The van der Waals surface area contributed by atoms with E-state index in [1.165, 1.54) is 0 Å². The van der Waals surface area contributed by atoms with Gasteiger partial charge in [-0.05, 0) is 0 Å². The molecule has 3 aromatic rings. The monoisotopic (exact) mass is 1000 g/mol. The second-order valence-electron chi connectivity index (χ2n) is 14.9. The number of benzene rings is 2. The molecule has 1 saturated heterocycles. The lowest BCUT2D eigenvalue weighted by Crippen LogP contribution is -2.39. The van der Waals surface area contributed by atoms with Crippen molar-refractivity contribution in [3.05, 3.63) is 60.2 Å². The average Bonchev–Trinajstić information content (AvgIpc) is 3.72. The first-order valence-electron chi connectivity index (χ1n) is 23.6. The van der Waals surface area contributed by atoms with E-state index in [4.69, 9.17) is 66.7 Å². The first kappa shape index (κ1) is 58.4. The van der Waals surface area contributed by atoms with E-state index in [0.717, 1.165) is 10.5 Å². The minimum Gasteiger partial charge on any atom is -0.481 e. The number of ether oxygens (including phenoxy) is 13. The van der Waals surface area contributed by atoms with E-state index in [2.05, 4.69) is 25.7 Å². The first-order chi connectivity index (χ1) is 34.9. The van der Waals surface area contributed by atoms with Gasteiger partial charge in [0.1, 0.15) is 0 Å². The molecule has 0 radical (unpaired) electrons. The molecule has 0 saturated carbocycles. The Morgan fingerprint density at radius 2 is 0.789 bits per heavy atom. The molecular formula is C47H68N6O18. The lowest BCUT2D eigenvalue weighted by molar-refractivity contribution is -0.150. The number of nitrogens with zero attached hydrogens (tertiary/aromatic N) is 5. The lowest BCUT2D eigenvalue weighted by atomic mass is 10.1. The summed E-state index contributed by atoms with van der Waals surface area (Å²) in [5, 5.41) is 27.8. The summed E-state index contributed by atoms with van der Waals surface area (Å²) in [5.74, 6) is -1.11. The van der Waals surface area contributed by atoms with Crippen LogP contribution in [0.1, 0.15) is 31.1 Å². The maximum Gasteiger partial charge on any atom is 0.409 e. The molecule has 1 unspecified atom stereocenters. The minimum atomic E-state index is -1.27. The van der Waals surface area contributed by atoms with Gasteiger partial charge in [0.2, 0.25) is 29.7 Å². The van der Waals surface area contributed by atoms with E-state index in [-0.39, 0.29) is 44.8 Å². The Morgan fingerprint density at radius 3 is 1.14 bits per heavy atom. The quantitative estimate of drug-likeness (QED) is 0.0606. The summed E-state index contributed by atoms with van der Waals surface area (Å²) in [7, 11) is 0. The molecule has 394 valence electrons. The van der Waals surface area contributed by atoms with Gasteiger partial charge < -0.3 is 72.0 Å². The highest BCUT2D eigenvalue weighted by Crippen LogP contribution is 2.29. The molecule has 0 bridgehead atoms. The van der Waals surface area contributed by atoms with Crippen LogP contribution < -0.4 is 5.32 Å². The number of aliphatic carboxylic acids is 1. The van der Waals surface area contributed by atoms with Gasteiger partial charge in [-0.2, -0.15) is 0 Å². The summed E-state index contributed by atoms with van der Waals surface area (Å²) >= 11 is 0. The zero-order valence-electron chi connectivity index (χ0n) is 40.2. The highest BCUT2D eigenvalue weighted by molar-refractivity contribution is 6.02. The molecule has 2 heterocycles. The molecule has 1 aliphatic rings. The number of hydrogen-bond donors (Lipinski definition) is 2. The van der Waals surface area contributed by atoms with Crippen molar-refractivity contribution in [3.63, 3.8) is 0 Å². The highest BCUT2D eigenvalue weighted by atomic mass is 16.6. The van der Waals surface area contributed by atoms with Gasteiger partial charge in [-0.3, -0.25) is 14.4 Å². The summed E-state index contributed by atoms with van der Waals surface area (Å²) < 4.78 is 70.9. The van der Waals surface area contributed by atoms with E-state index in [1.54, 1.807) is 24.3 Å². The van der Waals surface area contributed by atoms with Gasteiger partial charge in [0.15, 0.2) is 0 Å². The summed E-state index contributed by atoms with van der Waals surface area (Å²) in [6, 6.07) is 15.9. The predicted octanol–water partition coefficient (Wildman–Crippen LogP) is 2.15. The topological polar surface area (TPSA) is 275 Å². The van der Waals surface area contributed by atoms with Crippen molar-refractivity contribution < 1.29 is 85.9 Å². The molecule has 1 atom stereocenters. The molecule has 1 aromatic heterocycles. The second-order valence-corrected chi connectivity index (χ2v) is 14.9. The zero-order chi connectivity index (χ0) is 50.2. The third-order valence-electron chi connectivity index (χ3n) is 9.58. The summed E-state index contributed by atoms with van der Waals surface area (Å²) in [6.45, 7) is 9.72. The SMILES string of the molecule is O=C(O)CCOCCOCCOCCOCCOCCOCCOCCOCCOCCOCCOCCOCCNC(=O)OC(c1ccc(-c2nnc(-c3ccccc3)nn2)cc1)N1C(=O)CCC1=O. The number of carboxylic acids is 1. The Morgan fingerprint density at radius 1 is 0.465 bits per heavy atom. The number of carbonyl (C=O) groups is 4. The fraction of sp³-hybridized carbons (Fsp3) is 0.617. The molecule has 2 aromatic carbocycles. The summed E-state index contributed by atoms with van der Waals surface area (Å²) in [5.41, 5.74) is 1.77. The van der Waals surface area contributed by atoms with Crippen LogP contribution in [0.4, 0.5) is 4.79 Å². The third-order valence-corrected chi connectivity index (χ3v) is 9.58. The minimum absolute atomic E-state index is 0.0164. The summed E-state index contributed by atoms with van der Waals surface area (Å²) in [6.07, 6.45) is -2.06. The number of imide groups is 1. The van der Waals surface area contributed by atoms with Crippen LogP contribution in [0.5, 0.6) is 0 Å². The standard InChI is InChI=1S/C47H68N6O18/c54-41-10-11-42(55)53(41)46(40-8-6-39(7-9-40)45-51-49-44(50-52-45)38-4-2-1-3-5-38)71-47(58)48-13-15-60-17-19-62-21-23-64-25-27-66-29-31-68-33-35-70-37-36-69-34-32-67-30-28-65-26-24-63-22-20-61-18-16-59-14-12-43(56)57/h1-9,46H,10-37H2,(H,48,58)(H,56,57). The number of likely N-dealkylation sites (tertiary alicyclic amines) is 1. The predicted molar refractivity (Wildman–Crippen MR) is 249 cm³/mol. The van der Waals surface area contributed by atoms with Crippen molar-refractivity contribution in [2.75, 3.05) is 165 Å². The maximum absolute atomic E-state index is 12.8. The molecule has 71 heavy (non-hydrogen) atoms. The van der Waals surface area contributed by atoms with Crippen molar-refractivity contribution in [2.45, 2.75) is 25.5 Å². The Bertz CT molecular complexity index is 1860. The maximum atomic E-state index is 12.8. The number of carboxylic acid groups (broad SMARTS) is 1. The number of hydrogen-bond acceptors (Lipinski definition) is 21. The smallest absolute Gasteiger partial charge is 0.409 e. The molecule has 4 rings (SSSR count). The number of carbonyl (C=O) groups excluding carboxylic acids is 3. The number of rotatable bonds is 44. The van der Waals surface area contributed by atoms with Crippen molar-refractivity contribution in [3.8, 4) is 22.8 Å². The zero-order valence-corrected chi connectivity index (χ0v) is 40.2. The molecule has 0 aliphatic carbocycles. The molecule has 3 amide bonds. The number of nitrogens with one attached hydrogen (secondary N) is 1. The van der Waals surface area contributed by atoms with E-state index in [0.29, 0.717) is 162 Å². The average molecular weight is 1010 g/mol. The summed E-state index contributed by atoms with van der Waals surface area (Å²) in [4.78, 5) is 49.4. The van der Waals surface area contributed by atoms with E-state index in [1.807, 2.05) is 30.3 Å². The molecule has 2 N–H and O–H groups in total. The fourth-order valence-electron chi connectivity index (χ4n) is 6.02. The largest absolute Gasteiger partial charge is 0.481 e. The Balaban J connectivity index is 0.866. The van der Waals surface area contributed by atoms with Gasteiger partial charge >= 0.3 is 12.1 Å². The van der Waals surface area contributed by atoms with Crippen molar-refractivity contribution >= 4 is 23.9 Å². The highest BCUT2D eigenvalue weighted by Gasteiger charge is 2.38. The van der Waals surface area contributed by atoms with Gasteiger partial charge in [0.25, 0.3) is 0 Å². The van der Waals surface area contributed by atoms with E-state index >= 15 is 0 Å². The number of alkyl carbamates (subject to hydrolysis) is 1. The third kappa shape index (κ3) is 26.7. The van der Waals surface area contributed by atoms with Gasteiger partial charge in [-0.1, -0.05) is 54.6 Å². The van der Waals surface area contributed by atoms with Crippen molar-refractivity contribution in [1.29, 1.82) is 0 Å². The first-order valence-corrected chi connectivity index (χ1v) is 23.6. The van der Waals surface area contributed by atoms with Crippen LogP contribution in [0.2, 0.25) is 0 Å². The van der Waals surface area contributed by atoms with Crippen LogP contribution >= 0.6 is 0 Å². The van der Waals surface area contributed by atoms with E-state index < -0.39 is 30.1 Å². The Kier molecular flexibility index (Phi) is 31.6. The van der Waals surface area contributed by atoms with Crippen LogP contribution in [0.25, 0.3) is 22.8 Å². The van der Waals surface area contributed by atoms with Gasteiger partial charge in [0.05, 0.1) is 165 Å².